The van der Waals surface area contributed by atoms with Gasteiger partial charge in [-0.1, -0.05) is 24.3 Å². The van der Waals surface area contributed by atoms with Gasteiger partial charge in [-0.15, -0.1) is 0 Å². The zero-order valence-electron chi connectivity index (χ0n) is 12.5. The molecule has 0 amide bonds. The number of nitro groups is 1. The zero-order chi connectivity index (χ0) is 15.7. The number of ether oxygens (including phenoxy) is 1. The van der Waals surface area contributed by atoms with Crippen molar-refractivity contribution in [3.8, 4) is 5.75 Å². The van der Waals surface area contributed by atoms with E-state index in [0.717, 1.165) is 24.2 Å². The second kappa shape index (κ2) is 5.91. The number of hydrogen-bond acceptors (Lipinski definition) is 4. The number of benzene rings is 1. The molecule has 3 saturated carbocycles. The van der Waals surface area contributed by atoms with Gasteiger partial charge in [0.05, 0.1) is 13.0 Å². The Morgan fingerprint density at radius 3 is 2.59 bits per heavy atom. The van der Waals surface area contributed by atoms with Crippen molar-refractivity contribution in [3.05, 3.63) is 46.0 Å². The predicted octanol–water partition coefficient (Wildman–Crippen LogP) is 2.97. The summed E-state index contributed by atoms with van der Waals surface area (Å²) in [5, 5.41) is 11.4. The molecule has 3 aliphatic carbocycles. The number of hydrogen-bond donors (Lipinski definition) is 0. The summed E-state index contributed by atoms with van der Waals surface area (Å²) in [6, 6.07) is 6.88. The van der Waals surface area contributed by atoms with Crippen LogP contribution in [0.1, 0.15) is 24.8 Å². The molecule has 2 bridgehead atoms. The first-order valence-electron chi connectivity index (χ1n) is 7.58. The Morgan fingerprint density at radius 2 is 2.00 bits per heavy atom. The highest BCUT2D eigenvalue weighted by Crippen LogP contribution is 2.45. The van der Waals surface area contributed by atoms with E-state index in [-0.39, 0.29) is 28.5 Å². The molecule has 1 aromatic rings. The Hall–Kier alpha value is -2.17. The van der Waals surface area contributed by atoms with Crippen LogP contribution >= 0.6 is 0 Å². The van der Waals surface area contributed by atoms with Gasteiger partial charge in [-0.3, -0.25) is 14.9 Å². The highest BCUT2D eigenvalue weighted by molar-refractivity contribution is 5.84. The molecule has 5 heteroatoms. The molecule has 0 heterocycles. The predicted molar refractivity (Wildman–Crippen MR) is 82.1 cm³/mol. The van der Waals surface area contributed by atoms with E-state index in [2.05, 4.69) is 0 Å². The van der Waals surface area contributed by atoms with E-state index in [1.807, 2.05) is 36.4 Å². The SMILES string of the molecule is COc1ccc(C=C[C@H]2[C@@H]([N+](=O)[O-])[C@H]3CC[C@@H]2C(=O)C3)cc1. The van der Waals surface area contributed by atoms with Crippen LogP contribution in [0.15, 0.2) is 30.3 Å². The fraction of sp³-hybridized carbons (Fsp3) is 0.471. The summed E-state index contributed by atoms with van der Waals surface area (Å²) in [5.74, 6) is 0.399. The fourth-order valence-corrected chi connectivity index (χ4v) is 3.82. The van der Waals surface area contributed by atoms with Crippen LogP contribution in [-0.4, -0.2) is 23.9 Å². The van der Waals surface area contributed by atoms with E-state index in [1.54, 1.807) is 7.11 Å². The topological polar surface area (TPSA) is 69.4 Å². The summed E-state index contributed by atoms with van der Waals surface area (Å²) in [7, 11) is 1.61. The van der Waals surface area contributed by atoms with Gasteiger partial charge in [0.15, 0.2) is 0 Å². The second-order valence-corrected chi connectivity index (χ2v) is 6.10. The summed E-state index contributed by atoms with van der Waals surface area (Å²) in [6.07, 6.45) is 5.71. The average Bonchev–Trinajstić information content (AvgIpc) is 2.53. The number of carbonyl (C=O) groups excluding carboxylic acids is 1. The van der Waals surface area contributed by atoms with Crippen LogP contribution in [0.4, 0.5) is 0 Å². The Kier molecular flexibility index (Phi) is 3.96. The summed E-state index contributed by atoms with van der Waals surface area (Å²) >= 11 is 0. The number of methoxy groups -OCH3 is 1. The van der Waals surface area contributed by atoms with Crippen LogP contribution in [-0.2, 0) is 4.79 Å². The number of carbonyl (C=O) groups is 1. The van der Waals surface area contributed by atoms with Crippen LogP contribution in [0.2, 0.25) is 0 Å². The van der Waals surface area contributed by atoms with Gasteiger partial charge in [0.2, 0.25) is 6.04 Å². The number of ketones is 1. The standard InChI is InChI=1S/C17H19NO4/c1-22-13-6-2-11(3-7-13)4-8-15-14-9-5-12(10-16(14)19)17(15)18(20)21/h2-4,6-8,12,14-15,17H,5,9-10H2,1H3/t12-,14-,15+,17-/m0/s1. The Morgan fingerprint density at radius 1 is 1.27 bits per heavy atom. The average molecular weight is 301 g/mol. The molecule has 0 radical (unpaired) electrons. The Bertz CT molecular complexity index is 608. The molecular formula is C17H19NO4. The summed E-state index contributed by atoms with van der Waals surface area (Å²) in [5.41, 5.74) is 0.955. The maximum Gasteiger partial charge on any atom is 0.223 e. The quantitative estimate of drug-likeness (QED) is 0.633. The molecule has 4 rings (SSSR count). The molecular weight excluding hydrogens is 282 g/mol. The minimum atomic E-state index is -0.619. The van der Waals surface area contributed by atoms with Crippen molar-refractivity contribution in [3.63, 3.8) is 0 Å². The van der Waals surface area contributed by atoms with Gasteiger partial charge >= 0.3 is 0 Å². The lowest BCUT2D eigenvalue weighted by molar-refractivity contribution is -0.545. The van der Waals surface area contributed by atoms with E-state index in [0.29, 0.717) is 6.42 Å². The van der Waals surface area contributed by atoms with Crippen LogP contribution in [0.25, 0.3) is 6.08 Å². The number of nitrogens with zero attached hydrogens (tertiary/aromatic N) is 1. The van der Waals surface area contributed by atoms with Crippen molar-refractivity contribution in [1.82, 2.24) is 0 Å². The number of fused-ring (bicyclic) bond motifs is 3. The van der Waals surface area contributed by atoms with Crippen molar-refractivity contribution in [2.75, 3.05) is 7.11 Å². The maximum atomic E-state index is 12.1. The molecule has 0 saturated heterocycles. The molecule has 0 unspecified atom stereocenters. The molecule has 0 spiro atoms. The van der Waals surface area contributed by atoms with Crippen molar-refractivity contribution in [2.45, 2.75) is 25.3 Å². The fourth-order valence-electron chi connectivity index (χ4n) is 3.82. The van der Waals surface area contributed by atoms with Gasteiger partial charge in [0.1, 0.15) is 11.5 Å². The van der Waals surface area contributed by atoms with Crippen LogP contribution in [0, 0.1) is 27.9 Å². The zero-order valence-corrected chi connectivity index (χ0v) is 12.5. The highest BCUT2D eigenvalue weighted by Gasteiger charge is 2.53. The molecule has 3 fully saturated rings. The summed E-state index contributed by atoms with van der Waals surface area (Å²) in [4.78, 5) is 23.3. The monoisotopic (exact) mass is 301 g/mol. The molecule has 0 aliphatic heterocycles. The molecule has 0 N–H and O–H groups in total. The van der Waals surface area contributed by atoms with E-state index in [1.165, 1.54) is 0 Å². The lowest BCUT2D eigenvalue weighted by atomic mass is 9.61. The second-order valence-electron chi connectivity index (χ2n) is 6.10. The minimum absolute atomic E-state index is 0.0991. The molecule has 0 aromatic heterocycles. The van der Waals surface area contributed by atoms with Gasteiger partial charge in [0, 0.05) is 23.2 Å². The van der Waals surface area contributed by atoms with E-state index < -0.39 is 6.04 Å². The third-order valence-corrected chi connectivity index (χ3v) is 4.94. The number of Topliss-reactive ketones (excluding diaryl/α,β-unsaturated/α-hetero) is 1. The molecule has 5 nitrogen and oxygen atoms in total. The lowest BCUT2D eigenvalue weighted by Crippen LogP contribution is -2.51. The van der Waals surface area contributed by atoms with Gasteiger partial charge in [0.25, 0.3) is 0 Å². The Labute approximate surface area is 129 Å². The van der Waals surface area contributed by atoms with Gasteiger partial charge < -0.3 is 4.74 Å². The highest BCUT2D eigenvalue weighted by atomic mass is 16.6. The van der Waals surface area contributed by atoms with Crippen LogP contribution in [0.3, 0.4) is 0 Å². The van der Waals surface area contributed by atoms with E-state index in [9.17, 15) is 14.9 Å². The third kappa shape index (κ3) is 2.63. The molecule has 4 atom stereocenters. The van der Waals surface area contributed by atoms with Gasteiger partial charge in [-0.2, -0.15) is 0 Å². The maximum absolute atomic E-state index is 12.1. The first kappa shape index (κ1) is 14.8. The van der Waals surface area contributed by atoms with Gasteiger partial charge in [-0.25, -0.2) is 0 Å². The van der Waals surface area contributed by atoms with Crippen molar-refractivity contribution in [1.29, 1.82) is 0 Å². The lowest BCUT2D eigenvalue weighted by Gasteiger charge is -2.41. The van der Waals surface area contributed by atoms with E-state index >= 15 is 0 Å². The van der Waals surface area contributed by atoms with Gasteiger partial charge in [-0.05, 0) is 30.5 Å². The van der Waals surface area contributed by atoms with Crippen molar-refractivity contribution >= 4 is 11.9 Å². The molecule has 116 valence electrons. The third-order valence-electron chi connectivity index (χ3n) is 4.94. The van der Waals surface area contributed by atoms with Crippen molar-refractivity contribution in [2.24, 2.45) is 17.8 Å². The van der Waals surface area contributed by atoms with E-state index in [4.69, 9.17) is 4.74 Å². The largest absolute Gasteiger partial charge is 0.497 e. The van der Waals surface area contributed by atoms with Crippen LogP contribution in [0.5, 0.6) is 5.75 Å². The smallest absolute Gasteiger partial charge is 0.223 e. The first-order valence-corrected chi connectivity index (χ1v) is 7.58. The first-order chi connectivity index (χ1) is 10.6. The molecule has 1 aromatic carbocycles. The van der Waals surface area contributed by atoms with Crippen LogP contribution < -0.4 is 4.74 Å². The summed E-state index contributed by atoms with van der Waals surface area (Å²) in [6.45, 7) is 0. The number of rotatable bonds is 4. The summed E-state index contributed by atoms with van der Waals surface area (Å²) < 4.78 is 5.11. The Balaban J connectivity index is 1.82. The molecule has 3 aliphatic rings. The normalized spacial score (nSPS) is 30.7. The van der Waals surface area contributed by atoms with Crippen molar-refractivity contribution < 1.29 is 14.5 Å². The minimum Gasteiger partial charge on any atom is -0.497 e. The molecule has 22 heavy (non-hydrogen) atoms.